The molecule has 1 aromatic carbocycles. The van der Waals surface area contributed by atoms with Gasteiger partial charge in [-0.2, -0.15) is 24.9 Å². The van der Waals surface area contributed by atoms with Gasteiger partial charge in [0.1, 0.15) is 5.52 Å². The van der Waals surface area contributed by atoms with E-state index in [1.807, 2.05) is 0 Å². The van der Waals surface area contributed by atoms with Crippen LogP contribution in [-0.4, -0.2) is 57.7 Å². The molecule has 3 aromatic rings. The monoisotopic (exact) mass is 548 g/mol. The highest BCUT2D eigenvalue weighted by molar-refractivity contribution is 7.99. The molecule has 1 N–H and O–H groups in total. The number of pyridine rings is 1. The van der Waals surface area contributed by atoms with Crippen molar-refractivity contribution in [1.82, 2.24) is 19.9 Å². The van der Waals surface area contributed by atoms with E-state index in [1.165, 1.54) is 48.1 Å². The number of ether oxygens (including phenoxy) is 2. The number of carbonyl (C=O) groups is 1. The lowest BCUT2D eigenvalue weighted by atomic mass is 9.95. The molecule has 1 fully saturated rings. The number of hydrogen-bond acceptors (Lipinski definition) is 7. The molecule has 1 aliphatic rings. The Labute approximate surface area is 214 Å². The van der Waals surface area contributed by atoms with E-state index in [4.69, 9.17) is 16.3 Å². The van der Waals surface area contributed by atoms with Crippen molar-refractivity contribution in [2.45, 2.75) is 31.5 Å². The zero-order valence-corrected chi connectivity index (χ0v) is 21.4. The number of aldehydes is 1. The summed E-state index contributed by atoms with van der Waals surface area (Å²) >= 11 is 7.79. The molecule has 4 rings (SSSR count). The van der Waals surface area contributed by atoms with Crippen LogP contribution >= 0.6 is 23.4 Å². The summed E-state index contributed by atoms with van der Waals surface area (Å²) in [5, 5.41) is 3.38. The van der Waals surface area contributed by atoms with Gasteiger partial charge in [0.05, 0.1) is 10.5 Å². The molecule has 0 aliphatic carbocycles. The van der Waals surface area contributed by atoms with E-state index in [0.29, 0.717) is 11.8 Å². The fourth-order valence-electron chi connectivity index (χ4n) is 3.37. The maximum Gasteiger partial charge on any atom is 0.422 e. The second-order valence-corrected chi connectivity index (χ2v) is 9.94. The van der Waals surface area contributed by atoms with Crippen LogP contribution < -0.4 is 14.8 Å². The van der Waals surface area contributed by atoms with Crippen molar-refractivity contribution >= 4 is 40.7 Å². The van der Waals surface area contributed by atoms with Crippen molar-refractivity contribution in [3.05, 3.63) is 41.1 Å². The van der Waals surface area contributed by atoms with Gasteiger partial charge in [0, 0.05) is 24.8 Å². The number of fused-ring (bicyclic) bond motifs is 1. The van der Waals surface area contributed by atoms with Gasteiger partial charge in [-0.15, -0.1) is 0 Å². The first-order chi connectivity index (χ1) is 17.0. The summed E-state index contributed by atoms with van der Waals surface area (Å²) in [4.78, 5) is 18.6. The zero-order chi connectivity index (χ0) is 26.5. The third kappa shape index (κ3) is 7.01. The Hall–Kier alpha value is -2.57. The maximum atomic E-state index is 14.8. The van der Waals surface area contributed by atoms with Gasteiger partial charge < -0.3 is 19.4 Å². The summed E-state index contributed by atoms with van der Waals surface area (Å²) < 4.78 is 63.1. The average Bonchev–Trinajstić information content (AvgIpc) is 3.17. The number of benzene rings is 1. The number of thioether (sulfide) groups is 1. The van der Waals surface area contributed by atoms with Crippen LogP contribution in [0.3, 0.4) is 0 Å². The number of halogens is 5. The largest absolute Gasteiger partial charge is 0.478 e. The van der Waals surface area contributed by atoms with Crippen molar-refractivity contribution in [3.8, 4) is 17.4 Å². The van der Waals surface area contributed by atoms with E-state index in [2.05, 4.69) is 45.8 Å². The predicted octanol–water partition coefficient (Wildman–Crippen LogP) is 5.80. The molecule has 0 radical (unpaired) electrons. The topological polar surface area (TPSA) is 78.3 Å². The van der Waals surface area contributed by atoms with Gasteiger partial charge in [-0.05, 0) is 50.5 Å². The van der Waals surface area contributed by atoms with Crippen LogP contribution in [0.25, 0.3) is 11.0 Å². The molecule has 13 heteroatoms. The molecular weight excluding hydrogens is 524 g/mol. The number of rotatable bonds is 6. The van der Waals surface area contributed by atoms with Crippen molar-refractivity contribution < 1.29 is 31.8 Å². The Morgan fingerprint density at radius 1 is 1.28 bits per heavy atom. The number of aryl methyl sites for hydroxylation is 1. The number of carbonyl (C=O) groups excluding carboxylic acids is 1. The first-order valence-corrected chi connectivity index (χ1v) is 12.4. The fraction of sp³-hybridized carbons (Fsp3) is 0.435. The van der Waals surface area contributed by atoms with E-state index in [9.17, 15) is 22.4 Å². The highest BCUT2D eigenvalue weighted by Crippen LogP contribution is 2.35. The van der Waals surface area contributed by atoms with E-state index < -0.39 is 30.2 Å². The minimum absolute atomic E-state index is 0.000123. The third-order valence-corrected chi connectivity index (χ3v) is 6.85. The summed E-state index contributed by atoms with van der Waals surface area (Å²) in [6.45, 7) is 0.712. The van der Waals surface area contributed by atoms with Crippen molar-refractivity contribution in [1.29, 1.82) is 0 Å². The van der Waals surface area contributed by atoms with Gasteiger partial charge in [-0.3, -0.25) is 4.79 Å². The second-order valence-electron chi connectivity index (χ2n) is 8.28. The molecule has 0 bridgehead atoms. The Morgan fingerprint density at radius 2 is 1.97 bits per heavy atom. The molecule has 0 unspecified atom stereocenters. The normalized spacial score (nSPS) is 15.2. The summed E-state index contributed by atoms with van der Waals surface area (Å²) in [5.74, 6) is 0.649. The average molecular weight is 549 g/mol. The lowest BCUT2D eigenvalue weighted by Crippen LogP contribution is -2.42. The Morgan fingerprint density at radius 3 is 2.56 bits per heavy atom. The van der Waals surface area contributed by atoms with Crippen molar-refractivity contribution in [3.63, 3.8) is 0 Å². The van der Waals surface area contributed by atoms with Gasteiger partial charge >= 0.3 is 6.18 Å². The number of nitrogens with one attached hydrogen (secondary N) is 1. The molecule has 3 heterocycles. The smallest absolute Gasteiger partial charge is 0.422 e. The molecule has 7 nitrogen and oxygen atoms in total. The molecule has 0 spiro atoms. The lowest BCUT2D eigenvalue weighted by Gasteiger charge is -2.32. The Bertz CT molecular complexity index is 1220. The van der Waals surface area contributed by atoms with Gasteiger partial charge in [0.25, 0.3) is 5.88 Å². The van der Waals surface area contributed by atoms with Crippen LogP contribution in [0.15, 0.2) is 24.4 Å². The molecule has 2 aromatic heterocycles. The van der Waals surface area contributed by atoms with Crippen molar-refractivity contribution in [2.75, 3.05) is 25.2 Å². The van der Waals surface area contributed by atoms with Crippen LogP contribution in [0.4, 0.5) is 17.6 Å². The maximum absolute atomic E-state index is 14.8. The molecule has 0 saturated carbocycles. The number of alkyl halides is 3. The zero-order valence-electron chi connectivity index (χ0n) is 19.8. The van der Waals surface area contributed by atoms with Gasteiger partial charge in [0.15, 0.2) is 36.0 Å². The van der Waals surface area contributed by atoms with Crippen LogP contribution in [0.1, 0.15) is 30.4 Å². The molecular formula is C23H25ClF4N4O3S. The van der Waals surface area contributed by atoms with Crippen LogP contribution in [0, 0.1) is 5.82 Å². The van der Waals surface area contributed by atoms with Crippen LogP contribution in [0.2, 0.25) is 5.02 Å². The minimum atomic E-state index is -4.59. The lowest BCUT2D eigenvalue weighted by molar-refractivity contribution is -0.153. The SMILES string of the molecule is CNC1(C)CCSCC1.Cn1c(C=O)nc2ccc(Oc3ncc(Cl)cc3OCC(F)(F)F)c(F)c21. The first-order valence-electron chi connectivity index (χ1n) is 10.9. The van der Waals surface area contributed by atoms with Gasteiger partial charge in [0.2, 0.25) is 0 Å². The standard InChI is InChI=1S/C16H10ClF4N3O3.C7H15NS/c1-24-12(6-25)23-9-2-3-10(13(18)14(9)24)27-15-11(4-8(17)5-22-15)26-7-16(19,20)21;1-7(8-2)3-5-9-6-4-7/h2-6H,7H2,1H3;8H,3-6H2,1-2H3. The summed E-state index contributed by atoms with van der Waals surface area (Å²) in [7, 11) is 3.50. The minimum Gasteiger partial charge on any atom is -0.478 e. The van der Waals surface area contributed by atoms with E-state index in [1.54, 1.807) is 0 Å². The van der Waals surface area contributed by atoms with Crippen LogP contribution in [0.5, 0.6) is 17.4 Å². The fourth-order valence-corrected chi connectivity index (χ4v) is 4.91. The molecule has 1 saturated heterocycles. The number of hydrogen-bond donors (Lipinski definition) is 1. The van der Waals surface area contributed by atoms with E-state index in [-0.39, 0.29) is 27.6 Å². The Balaban J connectivity index is 0.000000338. The predicted molar refractivity (Wildman–Crippen MR) is 131 cm³/mol. The number of nitrogens with zero attached hydrogens (tertiary/aromatic N) is 3. The molecule has 0 atom stereocenters. The van der Waals surface area contributed by atoms with Crippen LogP contribution in [-0.2, 0) is 7.05 Å². The molecule has 36 heavy (non-hydrogen) atoms. The quantitative estimate of drug-likeness (QED) is 0.308. The Kier molecular flexibility index (Phi) is 9.07. The molecule has 0 amide bonds. The number of aromatic nitrogens is 3. The summed E-state index contributed by atoms with van der Waals surface area (Å²) in [6, 6.07) is 3.68. The first kappa shape index (κ1) is 28.0. The number of imidazole rings is 1. The summed E-state index contributed by atoms with van der Waals surface area (Å²) in [6.07, 6.45) is -0.363. The van der Waals surface area contributed by atoms with Gasteiger partial charge in [-0.1, -0.05) is 11.6 Å². The highest BCUT2D eigenvalue weighted by Gasteiger charge is 2.29. The molecule has 1 aliphatic heterocycles. The van der Waals surface area contributed by atoms with E-state index >= 15 is 0 Å². The highest BCUT2D eigenvalue weighted by atomic mass is 35.5. The third-order valence-electron chi connectivity index (χ3n) is 5.66. The second kappa shape index (κ2) is 11.7. The molecule has 196 valence electrons. The van der Waals surface area contributed by atoms with Crippen molar-refractivity contribution in [2.24, 2.45) is 7.05 Å². The van der Waals surface area contributed by atoms with E-state index in [0.717, 1.165) is 12.3 Å². The summed E-state index contributed by atoms with van der Waals surface area (Å²) in [5.41, 5.74) is 0.647. The van der Waals surface area contributed by atoms with Gasteiger partial charge in [-0.25, -0.2) is 14.4 Å².